The van der Waals surface area contributed by atoms with Gasteiger partial charge in [0.2, 0.25) is 0 Å². The number of hydrogen-bond donors (Lipinski definition) is 2. The van der Waals surface area contributed by atoms with E-state index in [0.29, 0.717) is 28.3 Å². The predicted octanol–water partition coefficient (Wildman–Crippen LogP) is 2.04. The van der Waals surface area contributed by atoms with E-state index in [4.69, 9.17) is 21.7 Å². The maximum atomic E-state index is 11.7. The minimum atomic E-state index is -0.182. The Hall–Kier alpha value is -2.08. The van der Waals surface area contributed by atoms with Gasteiger partial charge in [0.15, 0.2) is 16.3 Å². The third-order valence-corrected chi connectivity index (χ3v) is 2.96. The second-order valence-corrected chi connectivity index (χ2v) is 4.37. The number of nitrogens with one attached hydrogen (secondary N) is 2. The van der Waals surface area contributed by atoms with E-state index in [1.165, 1.54) is 0 Å². The molecule has 0 fully saturated rings. The average molecular weight is 278 g/mol. The number of benzene rings is 1. The molecular weight excluding hydrogens is 264 g/mol. The fourth-order valence-corrected chi connectivity index (χ4v) is 1.93. The van der Waals surface area contributed by atoms with Crippen molar-refractivity contribution in [2.24, 2.45) is 0 Å². The molecular formula is C13H14N2O3S. The van der Waals surface area contributed by atoms with Crippen molar-refractivity contribution in [1.29, 1.82) is 0 Å². The Kier molecular flexibility index (Phi) is 4.01. The molecule has 0 aliphatic carbocycles. The molecule has 6 heteroatoms. The molecule has 1 aromatic heterocycles. The Morgan fingerprint density at radius 3 is 2.58 bits per heavy atom. The van der Waals surface area contributed by atoms with E-state index >= 15 is 0 Å². The third kappa shape index (κ3) is 3.03. The molecule has 0 spiro atoms. The molecule has 1 heterocycles. The molecule has 2 aromatic rings. The van der Waals surface area contributed by atoms with Crippen LogP contribution in [0.2, 0.25) is 0 Å². The predicted molar refractivity (Wildman–Crippen MR) is 74.6 cm³/mol. The Bertz CT molecular complexity index is 691. The monoisotopic (exact) mass is 278 g/mol. The number of hydrogen-bond acceptors (Lipinski definition) is 4. The summed E-state index contributed by atoms with van der Waals surface area (Å²) < 4.78 is 10.7. The van der Waals surface area contributed by atoms with Gasteiger partial charge in [-0.3, -0.25) is 9.78 Å². The Balaban J connectivity index is 2.33. The van der Waals surface area contributed by atoms with Gasteiger partial charge in [-0.2, -0.15) is 0 Å². The second kappa shape index (κ2) is 5.71. The Morgan fingerprint density at radius 1 is 1.21 bits per heavy atom. The number of methoxy groups -OCH3 is 2. The van der Waals surface area contributed by atoms with Gasteiger partial charge in [0.1, 0.15) is 0 Å². The molecule has 0 bridgehead atoms. The fraction of sp³-hybridized carbons (Fsp3) is 0.231. The molecule has 0 saturated carbocycles. The molecule has 0 unspecified atom stereocenters. The zero-order valence-electron chi connectivity index (χ0n) is 10.6. The summed E-state index contributed by atoms with van der Waals surface area (Å²) in [7, 11) is 3.16. The van der Waals surface area contributed by atoms with Gasteiger partial charge < -0.3 is 14.5 Å². The van der Waals surface area contributed by atoms with Crippen LogP contribution in [0, 0.1) is 4.77 Å². The number of rotatable bonds is 4. The summed E-state index contributed by atoms with van der Waals surface area (Å²) in [5, 5.41) is 0. The zero-order chi connectivity index (χ0) is 13.8. The van der Waals surface area contributed by atoms with Crippen LogP contribution >= 0.6 is 12.2 Å². The zero-order valence-corrected chi connectivity index (χ0v) is 11.5. The van der Waals surface area contributed by atoms with Crippen LogP contribution in [0.5, 0.6) is 11.5 Å². The largest absolute Gasteiger partial charge is 0.493 e. The normalized spacial score (nSPS) is 10.2. The first kappa shape index (κ1) is 13.4. The fourth-order valence-electron chi connectivity index (χ4n) is 1.78. The van der Waals surface area contributed by atoms with Crippen molar-refractivity contribution >= 4 is 12.2 Å². The van der Waals surface area contributed by atoms with Gasteiger partial charge in [-0.25, -0.2) is 0 Å². The minimum Gasteiger partial charge on any atom is -0.493 e. The summed E-state index contributed by atoms with van der Waals surface area (Å²) in [5.74, 6) is 1.30. The lowest BCUT2D eigenvalue weighted by molar-refractivity contribution is 0.354. The molecule has 5 nitrogen and oxygen atoms in total. The smallest absolute Gasteiger partial charge is 0.255 e. The van der Waals surface area contributed by atoms with Crippen molar-refractivity contribution in [2.75, 3.05) is 14.2 Å². The van der Waals surface area contributed by atoms with Gasteiger partial charge in [0.25, 0.3) is 5.56 Å². The molecule has 1 aromatic carbocycles. The van der Waals surface area contributed by atoms with Crippen LogP contribution < -0.4 is 15.0 Å². The first-order valence-corrected chi connectivity index (χ1v) is 6.06. The highest BCUT2D eigenvalue weighted by atomic mass is 32.1. The van der Waals surface area contributed by atoms with Crippen LogP contribution in [0.15, 0.2) is 29.2 Å². The molecule has 2 rings (SSSR count). The number of H-pyrrole nitrogens is 2. The van der Waals surface area contributed by atoms with Crippen molar-refractivity contribution in [3.63, 3.8) is 0 Å². The van der Waals surface area contributed by atoms with E-state index in [-0.39, 0.29) is 5.56 Å². The van der Waals surface area contributed by atoms with Gasteiger partial charge in [-0.15, -0.1) is 0 Å². The van der Waals surface area contributed by atoms with Crippen LogP contribution in [0.4, 0.5) is 0 Å². The van der Waals surface area contributed by atoms with Crippen LogP contribution in [0.3, 0.4) is 0 Å². The standard InChI is InChI=1S/C13H14N2O3S/c1-17-10-4-3-8(6-11(10)18-2)5-9-7-14-13(19)15-12(9)16/h3-4,6-7H,5H2,1-2H3,(H2,14,15,16,19). The van der Waals surface area contributed by atoms with Gasteiger partial charge >= 0.3 is 0 Å². The average Bonchev–Trinajstić information content (AvgIpc) is 2.41. The summed E-state index contributed by atoms with van der Waals surface area (Å²) in [6.07, 6.45) is 2.11. The highest BCUT2D eigenvalue weighted by Gasteiger charge is 2.07. The molecule has 0 aliphatic rings. The molecule has 100 valence electrons. The summed E-state index contributed by atoms with van der Waals surface area (Å²) in [5.41, 5.74) is 1.38. The topological polar surface area (TPSA) is 67.1 Å². The summed E-state index contributed by atoms with van der Waals surface area (Å²) >= 11 is 4.85. The third-order valence-electron chi connectivity index (χ3n) is 2.74. The molecule has 19 heavy (non-hydrogen) atoms. The summed E-state index contributed by atoms with van der Waals surface area (Å²) in [4.78, 5) is 17.1. The SMILES string of the molecule is COc1ccc(Cc2c[nH]c(=S)[nH]c2=O)cc1OC. The van der Waals surface area contributed by atoms with Gasteiger partial charge in [-0.05, 0) is 29.9 Å². The maximum absolute atomic E-state index is 11.7. The van der Waals surface area contributed by atoms with Crippen molar-refractivity contribution in [2.45, 2.75) is 6.42 Å². The van der Waals surface area contributed by atoms with Gasteiger partial charge in [0, 0.05) is 18.2 Å². The number of aromatic nitrogens is 2. The van der Waals surface area contributed by atoms with Crippen LogP contribution in [-0.4, -0.2) is 24.2 Å². The first-order chi connectivity index (χ1) is 9.13. The molecule has 0 amide bonds. The van der Waals surface area contributed by atoms with E-state index in [1.807, 2.05) is 18.2 Å². The highest BCUT2D eigenvalue weighted by Crippen LogP contribution is 2.28. The number of ether oxygens (including phenoxy) is 2. The summed E-state index contributed by atoms with van der Waals surface area (Å²) in [6.45, 7) is 0. The van der Waals surface area contributed by atoms with Crippen molar-refractivity contribution in [3.8, 4) is 11.5 Å². The number of aromatic amines is 2. The van der Waals surface area contributed by atoms with Crippen molar-refractivity contribution in [3.05, 3.63) is 50.6 Å². The van der Waals surface area contributed by atoms with Crippen LogP contribution in [0.1, 0.15) is 11.1 Å². The van der Waals surface area contributed by atoms with Crippen molar-refractivity contribution in [1.82, 2.24) is 9.97 Å². The Labute approximate surface area is 115 Å². The van der Waals surface area contributed by atoms with Crippen LogP contribution in [0.25, 0.3) is 0 Å². The second-order valence-electron chi connectivity index (χ2n) is 3.96. The van der Waals surface area contributed by atoms with E-state index in [9.17, 15) is 4.79 Å². The van der Waals surface area contributed by atoms with E-state index in [2.05, 4.69) is 9.97 Å². The van der Waals surface area contributed by atoms with Gasteiger partial charge in [0.05, 0.1) is 14.2 Å². The molecule has 0 aliphatic heterocycles. The molecule has 0 atom stereocenters. The maximum Gasteiger partial charge on any atom is 0.255 e. The molecule has 0 saturated heterocycles. The lowest BCUT2D eigenvalue weighted by atomic mass is 10.1. The summed E-state index contributed by atoms with van der Waals surface area (Å²) in [6, 6.07) is 5.55. The molecule has 2 N–H and O–H groups in total. The van der Waals surface area contributed by atoms with Gasteiger partial charge in [-0.1, -0.05) is 6.07 Å². The van der Waals surface area contributed by atoms with Crippen molar-refractivity contribution < 1.29 is 9.47 Å². The minimum absolute atomic E-state index is 0.182. The lowest BCUT2D eigenvalue weighted by Gasteiger charge is -2.09. The molecule has 0 radical (unpaired) electrons. The van der Waals surface area contributed by atoms with Crippen LogP contribution in [-0.2, 0) is 6.42 Å². The lowest BCUT2D eigenvalue weighted by Crippen LogP contribution is -2.13. The highest BCUT2D eigenvalue weighted by molar-refractivity contribution is 7.71. The van der Waals surface area contributed by atoms with E-state index in [0.717, 1.165) is 5.56 Å². The first-order valence-electron chi connectivity index (χ1n) is 5.66. The van der Waals surface area contributed by atoms with E-state index in [1.54, 1.807) is 20.4 Å². The quantitative estimate of drug-likeness (QED) is 0.840. The van der Waals surface area contributed by atoms with E-state index < -0.39 is 0 Å². The Morgan fingerprint density at radius 2 is 1.95 bits per heavy atom.